The Morgan fingerprint density at radius 1 is 0.477 bits per heavy atom. The van der Waals surface area contributed by atoms with Crippen molar-refractivity contribution in [1.82, 2.24) is 0 Å². The molecule has 1 atom stereocenters. The summed E-state index contributed by atoms with van der Waals surface area (Å²) in [5.41, 5.74) is 0. The molecule has 0 fully saturated rings. The molecule has 0 amide bonds. The van der Waals surface area contributed by atoms with Crippen molar-refractivity contribution in [3.05, 3.63) is 12.2 Å². The predicted molar refractivity (Wildman–Crippen MR) is 198 cm³/mol. The van der Waals surface area contributed by atoms with Crippen molar-refractivity contribution in [1.29, 1.82) is 0 Å². The standard InChI is InChI=1S/C42H82O2/c1-4-6-7-8-9-10-11-12-13-14-15-16-17-18-19-20-24-27-30-33-36-39-42(43)44-40-37-34-31-28-25-22-21-23-26-29-32-35-38-41(3)5-2/h12-13,41H,4-11,14-40H2,1-3H3. The fourth-order valence-corrected chi connectivity index (χ4v) is 6.23. The number of carbonyl (C=O) groups is 1. The number of hydrogen-bond donors (Lipinski definition) is 0. The summed E-state index contributed by atoms with van der Waals surface area (Å²) in [6.07, 6.45) is 50.0. The number of rotatable bonds is 37. The van der Waals surface area contributed by atoms with Crippen molar-refractivity contribution in [2.24, 2.45) is 5.92 Å². The monoisotopic (exact) mass is 619 g/mol. The first-order valence-corrected chi connectivity index (χ1v) is 20.5. The van der Waals surface area contributed by atoms with Crippen LogP contribution in [0.2, 0.25) is 0 Å². The van der Waals surface area contributed by atoms with E-state index >= 15 is 0 Å². The van der Waals surface area contributed by atoms with Gasteiger partial charge in [-0.25, -0.2) is 0 Å². The smallest absolute Gasteiger partial charge is 0.305 e. The van der Waals surface area contributed by atoms with Crippen LogP contribution in [0.25, 0.3) is 0 Å². The molecular weight excluding hydrogens is 536 g/mol. The maximum atomic E-state index is 12.0. The van der Waals surface area contributed by atoms with E-state index in [0.29, 0.717) is 13.0 Å². The molecular formula is C42H82O2. The Morgan fingerprint density at radius 3 is 1.27 bits per heavy atom. The Hall–Kier alpha value is -0.790. The highest BCUT2D eigenvalue weighted by atomic mass is 16.5. The Kier molecular flexibility index (Phi) is 37.7. The van der Waals surface area contributed by atoms with Crippen LogP contribution in [0.3, 0.4) is 0 Å². The molecule has 262 valence electrons. The molecule has 0 saturated heterocycles. The zero-order valence-corrected chi connectivity index (χ0v) is 30.8. The van der Waals surface area contributed by atoms with Crippen LogP contribution in [0.1, 0.15) is 239 Å². The molecule has 0 aromatic heterocycles. The lowest BCUT2D eigenvalue weighted by Crippen LogP contribution is -2.05. The lowest BCUT2D eigenvalue weighted by Gasteiger charge is -2.07. The number of allylic oxidation sites excluding steroid dienone is 2. The minimum absolute atomic E-state index is 0.0261. The highest BCUT2D eigenvalue weighted by molar-refractivity contribution is 5.69. The molecule has 0 aromatic carbocycles. The van der Waals surface area contributed by atoms with E-state index in [1.807, 2.05) is 0 Å². The predicted octanol–water partition coefficient (Wildman–Crippen LogP) is 15.0. The van der Waals surface area contributed by atoms with Gasteiger partial charge in [0.15, 0.2) is 0 Å². The summed E-state index contributed by atoms with van der Waals surface area (Å²) in [6, 6.07) is 0. The lowest BCUT2D eigenvalue weighted by atomic mass is 9.99. The van der Waals surface area contributed by atoms with E-state index in [9.17, 15) is 4.79 Å². The molecule has 1 unspecified atom stereocenters. The van der Waals surface area contributed by atoms with Gasteiger partial charge < -0.3 is 4.74 Å². The molecule has 0 aliphatic carbocycles. The first-order chi connectivity index (χ1) is 21.7. The summed E-state index contributed by atoms with van der Waals surface area (Å²) >= 11 is 0. The van der Waals surface area contributed by atoms with Crippen LogP contribution in [0.15, 0.2) is 12.2 Å². The molecule has 2 heteroatoms. The SMILES string of the molecule is CCCCCCCCC=CCCCCCCCCCCCCCC(=O)OCCCCCCCCCCCCCCC(C)CC. The van der Waals surface area contributed by atoms with E-state index in [-0.39, 0.29) is 5.97 Å². The van der Waals surface area contributed by atoms with Gasteiger partial charge in [0, 0.05) is 6.42 Å². The molecule has 2 nitrogen and oxygen atoms in total. The van der Waals surface area contributed by atoms with Crippen LogP contribution in [0.5, 0.6) is 0 Å². The Bertz CT molecular complexity index is 568. The average molecular weight is 619 g/mol. The number of carbonyl (C=O) groups excluding carboxylic acids is 1. The molecule has 0 N–H and O–H groups in total. The van der Waals surface area contributed by atoms with Crippen LogP contribution in [-0.4, -0.2) is 12.6 Å². The molecule has 0 spiro atoms. The second-order valence-electron chi connectivity index (χ2n) is 14.2. The van der Waals surface area contributed by atoms with E-state index in [1.165, 1.54) is 199 Å². The highest BCUT2D eigenvalue weighted by Gasteiger charge is 2.03. The largest absolute Gasteiger partial charge is 0.466 e. The minimum Gasteiger partial charge on any atom is -0.466 e. The van der Waals surface area contributed by atoms with Crippen LogP contribution >= 0.6 is 0 Å². The van der Waals surface area contributed by atoms with Crippen molar-refractivity contribution in [2.45, 2.75) is 239 Å². The highest BCUT2D eigenvalue weighted by Crippen LogP contribution is 2.16. The molecule has 44 heavy (non-hydrogen) atoms. The fraction of sp³-hybridized carbons (Fsp3) is 0.929. The molecule has 0 radical (unpaired) electrons. The van der Waals surface area contributed by atoms with Gasteiger partial charge in [0.25, 0.3) is 0 Å². The van der Waals surface area contributed by atoms with Crippen molar-refractivity contribution >= 4 is 5.97 Å². The van der Waals surface area contributed by atoms with Gasteiger partial charge in [0.05, 0.1) is 6.61 Å². The third-order valence-electron chi connectivity index (χ3n) is 9.69. The Balaban J connectivity index is 3.19. The molecule has 0 rings (SSSR count). The zero-order chi connectivity index (χ0) is 32.0. The molecule has 0 saturated carbocycles. The summed E-state index contributed by atoms with van der Waals surface area (Å²) in [5.74, 6) is 0.946. The quantitative estimate of drug-likeness (QED) is 0.0393. The second-order valence-corrected chi connectivity index (χ2v) is 14.2. The van der Waals surface area contributed by atoms with Gasteiger partial charge in [0.2, 0.25) is 0 Å². The van der Waals surface area contributed by atoms with Crippen LogP contribution < -0.4 is 0 Å². The first kappa shape index (κ1) is 43.2. The number of ether oxygens (including phenoxy) is 1. The Labute approximate surface area is 278 Å². The van der Waals surface area contributed by atoms with Crippen molar-refractivity contribution in [3.8, 4) is 0 Å². The van der Waals surface area contributed by atoms with Gasteiger partial charge in [-0.15, -0.1) is 0 Å². The normalized spacial score (nSPS) is 12.3. The number of esters is 1. The molecule has 0 aliphatic rings. The minimum atomic E-state index is 0.0261. The van der Waals surface area contributed by atoms with E-state index in [2.05, 4.69) is 32.9 Å². The van der Waals surface area contributed by atoms with Gasteiger partial charge >= 0.3 is 5.97 Å². The third-order valence-corrected chi connectivity index (χ3v) is 9.69. The fourth-order valence-electron chi connectivity index (χ4n) is 6.23. The number of unbranched alkanes of at least 4 members (excludes halogenated alkanes) is 28. The molecule has 0 aromatic rings. The molecule has 0 heterocycles. The van der Waals surface area contributed by atoms with Gasteiger partial charge in [-0.05, 0) is 44.4 Å². The number of hydrogen-bond acceptors (Lipinski definition) is 2. The summed E-state index contributed by atoms with van der Waals surface area (Å²) < 4.78 is 5.46. The van der Waals surface area contributed by atoms with E-state index in [1.54, 1.807) is 0 Å². The summed E-state index contributed by atoms with van der Waals surface area (Å²) in [7, 11) is 0. The summed E-state index contributed by atoms with van der Waals surface area (Å²) in [6.45, 7) is 7.61. The average Bonchev–Trinajstić information content (AvgIpc) is 3.03. The van der Waals surface area contributed by atoms with E-state index < -0.39 is 0 Å². The van der Waals surface area contributed by atoms with Crippen LogP contribution in [0.4, 0.5) is 0 Å². The second kappa shape index (κ2) is 38.4. The van der Waals surface area contributed by atoms with E-state index in [4.69, 9.17) is 4.74 Å². The van der Waals surface area contributed by atoms with Crippen molar-refractivity contribution < 1.29 is 9.53 Å². The Morgan fingerprint density at radius 2 is 0.841 bits per heavy atom. The lowest BCUT2D eigenvalue weighted by molar-refractivity contribution is -0.143. The summed E-state index contributed by atoms with van der Waals surface area (Å²) in [5, 5.41) is 0. The van der Waals surface area contributed by atoms with Crippen LogP contribution in [0, 0.1) is 5.92 Å². The maximum absolute atomic E-state index is 12.0. The van der Waals surface area contributed by atoms with Crippen molar-refractivity contribution in [2.75, 3.05) is 6.61 Å². The van der Waals surface area contributed by atoms with Gasteiger partial charge in [-0.3, -0.25) is 4.79 Å². The molecule has 0 bridgehead atoms. The van der Waals surface area contributed by atoms with Crippen molar-refractivity contribution in [3.63, 3.8) is 0 Å². The van der Waals surface area contributed by atoms with E-state index in [0.717, 1.165) is 18.8 Å². The molecule has 0 aliphatic heterocycles. The first-order valence-electron chi connectivity index (χ1n) is 20.5. The van der Waals surface area contributed by atoms with Gasteiger partial charge in [-0.2, -0.15) is 0 Å². The maximum Gasteiger partial charge on any atom is 0.305 e. The van der Waals surface area contributed by atoms with Gasteiger partial charge in [0.1, 0.15) is 0 Å². The van der Waals surface area contributed by atoms with Crippen LogP contribution in [-0.2, 0) is 9.53 Å². The third kappa shape index (κ3) is 37.4. The van der Waals surface area contributed by atoms with Gasteiger partial charge in [-0.1, -0.05) is 206 Å². The topological polar surface area (TPSA) is 26.3 Å². The zero-order valence-electron chi connectivity index (χ0n) is 30.8. The summed E-state index contributed by atoms with van der Waals surface area (Å²) in [4.78, 5) is 12.0.